The number of fused-ring (bicyclic) bond motifs is 1. The lowest BCUT2D eigenvalue weighted by Gasteiger charge is -2.08. The molecular weight excluding hydrogens is 421 g/mol. The molecule has 0 bridgehead atoms. The molecule has 0 aliphatic rings. The van der Waals surface area contributed by atoms with Crippen LogP contribution < -0.4 is 5.43 Å². The molecule has 0 spiro atoms. The van der Waals surface area contributed by atoms with E-state index in [1.54, 1.807) is 24.4 Å². The first kappa shape index (κ1) is 20.0. The number of hydrogen-bond donors (Lipinski definition) is 2. The highest BCUT2D eigenvalue weighted by molar-refractivity contribution is 6.35. The summed E-state index contributed by atoms with van der Waals surface area (Å²) < 4.78 is 2.13. The van der Waals surface area contributed by atoms with E-state index in [9.17, 15) is 4.79 Å². The van der Waals surface area contributed by atoms with Crippen molar-refractivity contribution in [3.8, 4) is 0 Å². The Morgan fingerprint density at radius 3 is 2.57 bits per heavy atom. The third-order valence-electron chi connectivity index (χ3n) is 4.69. The molecule has 0 atom stereocenters. The fourth-order valence-corrected chi connectivity index (χ4v) is 3.61. The monoisotopic (exact) mass is 437 g/mol. The predicted molar refractivity (Wildman–Crippen MR) is 122 cm³/mol. The van der Waals surface area contributed by atoms with Crippen molar-refractivity contribution in [2.45, 2.75) is 6.54 Å². The fourth-order valence-electron chi connectivity index (χ4n) is 3.14. The molecule has 4 rings (SSSR count). The Labute approximate surface area is 183 Å². The smallest absolute Gasteiger partial charge is 0.335 e. The van der Waals surface area contributed by atoms with Gasteiger partial charge in [0.15, 0.2) is 0 Å². The number of rotatable bonds is 6. The molecule has 2 N–H and O–H groups in total. The van der Waals surface area contributed by atoms with E-state index < -0.39 is 5.97 Å². The zero-order valence-electron chi connectivity index (χ0n) is 15.7. The second kappa shape index (κ2) is 8.61. The van der Waals surface area contributed by atoms with Crippen molar-refractivity contribution >= 4 is 52.0 Å². The summed E-state index contributed by atoms with van der Waals surface area (Å²) >= 11 is 12.3. The van der Waals surface area contributed by atoms with Crippen LogP contribution in [-0.4, -0.2) is 21.9 Å². The molecule has 1 aromatic heterocycles. The third kappa shape index (κ3) is 4.48. The highest BCUT2D eigenvalue weighted by Gasteiger charge is 2.06. The second-order valence-electron chi connectivity index (χ2n) is 6.75. The first-order valence-corrected chi connectivity index (χ1v) is 9.90. The minimum atomic E-state index is -0.955. The number of hydrogen-bond acceptors (Lipinski definition) is 3. The standard InChI is InChI=1S/C23H17Cl2N3O2/c24-19-5-2-18(21(25)12-19)14-28-10-9-17-11-15(1-8-22(17)28)13-26-27-20-6-3-16(4-7-20)23(29)30/h1-13,27H,14H2,(H,29,30)/b26-13+. The molecule has 0 radical (unpaired) electrons. The largest absolute Gasteiger partial charge is 0.478 e. The van der Waals surface area contributed by atoms with Gasteiger partial charge in [-0.05, 0) is 65.7 Å². The molecule has 0 amide bonds. The van der Waals surface area contributed by atoms with Crippen LogP contribution >= 0.6 is 23.2 Å². The van der Waals surface area contributed by atoms with Crippen LogP contribution in [0.2, 0.25) is 10.0 Å². The van der Waals surface area contributed by atoms with Gasteiger partial charge in [-0.2, -0.15) is 5.10 Å². The summed E-state index contributed by atoms with van der Waals surface area (Å²) in [6.07, 6.45) is 3.75. The summed E-state index contributed by atoms with van der Waals surface area (Å²) in [6.45, 7) is 0.654. The van der Waals surface area contributed by atoms with Crippen molar-refractivity contribution in [3.05, 3.63) is 99.7 Å². The van der Waals surface area contributed by atoms with Crippen molar-refractivity contribution < 1.29 is 9.90 Å². The zero-order chi connectivity index (χ0) is 21.1. The van der Waals surface area contributed by atoms with Crippen LogP contribution in [0.25, 0.3) is 10.9 Å². The number of anilines is 1. The van der Waals surface area contributed by atoms with Crippen LogP contribution in [0, 0.1) is 0 Å². The Balaban J connectivity index is 1.47. The van der Waals surface area contributed by atoms with E-state index in [0.29, 0.717) is 22.3 Å². The molecule has 0 aliphatic heterocycles. The average Bonchev–Trinajstić information content (AvgIpc) is 3.12. The topological polar surface area (TPSA) is 66.6 Å². The number of aromatic carboxylic acids is 1. The molecule has 4 aromatic rings. The van der Waals surface area contributed by atoms with Gasteiger partial charge in [0, 0.05) is 33.7 Å². The molecule has 150 valence electrons. The Hall–Kier alpha value is -3.28. The maximum atomic E-state index is 10.9. The molecule has 30 heavy (non-hydrogen) atoms. The van der Waals surface area contributed by atoms with E-state index in [0.717, 1.165) is 22.0 Å². The SMILES string of the molecule is O=C(O)c1ccc(N/N=C/c2ccc3c(ccn3Cc3ccc(Cl)cc3Cl)c2)cc1. The number of carboxylic acids is 1. The highest BCUT2D eigenvalue weighted by Crippen LogP contribution is 2.24. The number of carbonyl (C=O) groups is 1. The lowest BCUT2D eigenvalue weighted by atomic mass is 10.1. The molecular formula is C23H17Cl2N3O2. The summed E-state index contributed by atoms with van der Waals surface area (Å²) in [5, 5.41) is 15.5. The quantitative estimate of drug-likeness (QED) is 0.281. The van der Waals surface area contributed by atoms with E-state index in [4.69, 9.17) is 28.3 Å². The Morgan fingerprint density at radius 1 is 1.03 bits per heavy atom. The summed E-state index contributed by atoms with van der Waals surface area (Å²) in [5.74, 6) is -0.955. The highest BCUT2D eigenvalue weighted by atomic mass is 35.5. The van der Waals surface area contributed by atoms with Gasteiger partial charge in [0.2, 0.25) is 0 Å². The Morgan fingerprint density at radius 2 is 1.83 bits per heavy atom. The predicted octanol–water partition coefficient (Wildman–Crippen LogP) is 6.14. The maximum Gasteiger partial charge on any atom is 0.335 e. The Kier molecular flexibility index (Phi) is 5.74. The van der Waals surface area contributed by atoms with Gasteiger partial charge >= 0.3 is 5.97 Å². The first-order chi connectivity index (χ1) is 14.5. The summed E-state index contributed by atoms with van der Waals surface area (Å²) in [4.78, 5) is 10.9. The zero-order valence-corrected chi connectivity index (χ0v) is 17.2. The number of hydrazone groups is 1. The fraction of sp³-hybridized carbons (Fsp3) is 0.0435. The number of nitrogens with zero attached hydrogens (tertiary/aromatic N) is 2. The third-order valence-corrected chi connectivity index (χ3v) is 5.28. The van der Waals surface area contributed by atoms with E-state index in [1.807, 2.05) is 36.5 Å². The number of carboxylic acid groups (broad SMARTS) is 1. The molecule has 5 nitrogen and oxygen atoms in total. The van der Waals surface area contributed by atoms with Gasteiger partial charge < -0.3 is 9.67 Å². The van der Waals surface area contributed by atoms with Crippen LogP contribution in [0.5, 0.6) is 0 Å². The first-order valence-electron chi connectivity index (χ1n) is 9.15. The van der Waals surface area contributed by atoms with E-state index in [1.165, 1.54) is 12.1 Å². The van der Waals surface area contributed by atoms with Gasteiger partial charge in [0.25, 0.3) is 0 Å². The van der Waals surface area contributed by atoms with Gasteiger partial charge in [0.1, 0.15) is 0 Å². The second-order valence-corrected chi connectivity index (χ2v) is 7.59. The average molecular weight is 438 g/mol. The molecule has 0 saturated carbocycles. The van der Waals surface area contributed by atoms with Crippen molar-refractivity contribution in [2.24, 2.45) is 5.10 Å². The van der Waals surface area contributed by atoms with Crippen molar-refractivity contribution in [1.82, 2.24) is 4.57 Å². The van der Waals surface area contributed by atoms with Crippen LogP contribution in [-0.2, 0) is 6.54 Å². The molecule has 0 saturated heterocycles. The van der Waals surface area contributed by atoms with Gasteiger partial charge in [-0.25, -0.2) is 4.79 Å². The van der Waals surface area contributed by atoms with Crippen molar-refractivity contribution in [1.29, 1.82) is 0 Å². The van der Waals surface area contributed by atoms with E-state index in [2.05, 4.69) is 21.2 Å². The molecule has 0 unspecified atom stereocenters. The molecule has 0 aliphatic carbocycles. The van der Waals surface area contributed by atoms with Gasteiger partial charge in [0.05, 0.1) is 17.5 Å². The summed E-state index contributed by atoms with van der Waals surface area (Å²) in [5.41, 5.74) is 6.89. The van der Waals surface area contributed by atoms with Crippen LogP contribution in [0.1, 0.15) is 21.5 Å². The van der Waals surface area contributed by atoms with Gasteiger partial charge in [-0.15, -0.1) is 0 Å². The lowest BCUT2D eigenvalue weighted by Crippen LogP contribution is -1.98. The molecule has 7 heteroatoms. The van der Waals surface area contributed by atoms with Crippen LogP contribution in [0.4, 0.5) is 5.69 Å². The van der Waals surface area contributed by atoms with Gasteiger partial charge in [-0.1, -0.05) is 35.3 Å². The molecule has 3 aromatic carbocycles. The lowest BCUT2D eigenvalue weighted by molar-refractivity contribution is 0.0697. The summed E-state index contributed by atoms with van der Waals surface area (Å²) in [6, 6.07) is 20.1. The normalized spacial score (nSPS) is 11.3. The number of aromatic nitrogens is 1. The van der Waals surface area contributed by atoms with Crippen molar-refractivity contribution in [3.63, 3.8) is 0 Å². The minimum absolute atomic E-state index is 0.236. The minimum Gasteiger partial charge on any atom is -0.478 e. The number of benzene rings is 3. The van der Waals surface area contributed by atoms with E-state index in [-0.39, 0.29) is 5.56 Å². The molecule has 1 heterocycles. The molecule has 0 fully saturated rings. The number of nitrogens with one attached hydrogen (secondary N) is 1. The van der Waals surface area contributed by atoms with Crippen LogP contribution in [0.15, 0.2) is 78.0 Å². The summed E-state index contributed by atoms with van der Waals surface area (Å²) in [7, 11) is 0. The van der Waals surface area contributed by atoms with E-state index >= 15 is 0 Å². The number of halogens is 2. The maximum absolute atomic E-state index is 10.9. The Bertz CT molecular complexity index is 1250. The van der Waals surface area contributed by atoms with Crippen molar-refractivity contribution in [2.75, 3.05) is 5.43 Å². The van der Waals surface area contributed by atoms with Crippen LogP contribution in [0.3, 0.4) is 0 Å². The van der Waals surface area contributed by atoms with Gasteiger partial charge in [-0.3, -0.25) is 5.43 Å².